The summed E-state index contributed by atoms with van der Waals surface area (Å²) in [5.74, 6) is 3.27. The number of nitrogens with two attached hydrogens (primary N) is 1. The lowest BCUT2D eigenvalue weighted by Crippen LogP contribution is -2.56. The first-order valence-electron chi connectivity index (χ1n) is 10.2. The molecule has 0 saturated heterocycles. The largest absolute Gasteiger partial charge is 0.422 e. The van der Waals surface area contributed by atoms with Gasteiger partial charge in [-0.15, -0.1) is 0 Å². The van der Waals surface area contributed by atoms with Gasteiger partial charge in [0.25, 0.3) is 0 Å². The third-order valence-electron chi connectivity index (χ3n) is 6.84. The fourth-order valence-corrected chi connectivity index (χ4v) is 6.98. The van der Waals surface area contributed by atoms with E-state index < -0.39 is 0 Å². The Kier molecular flexibility index (Phi) is 5.63. The lowest BCUT2D eigenvalue weighted by atomic mass is 9.57. The van der Waals surface area contributed by atoms with Crippen LogP contribution in [-0.4, -0.2) is 35.6 Å². The first-order chi connectivity index (χ1) is 12.7. The summed E-state index contributed by atoms with van der Waals surface area (Å²) in [6.07, 6.45) is 5.69. The molecule has 150 valence electrons. The molecule has 6 nitrogen and oxygen atoms in total. The molecule has 3 rings (SSSR count). The summed E-state index contributed by atoms with van der Waals surface area (Å²) >= 11 is 0. The number of anilines is 1. The monoisotopic (exact) mass is 389 g/mol. The van der Waals surface area contributed by atoms with Crippen LogP contribution < -0.4 is 5.73 Å². The van der Waals surface area contributed by atoms with E-state index in [2.05, 4.69) is 61.1 Å². The number of nitrogen functional groups attached to an aromatic ring is 1. The van der Waals surface area contributed by atoms with E-state index in [-0.39, 0.29) is 5.60 Å². The molecule has 1 atom stereocenters. The van der Waals surface area contributed by atoms with Crippen molar-refractivity contribution in [3.8, 4) is 0 Å². The van der Waals surface area contributed by atoms with Crippen molar-refractivity contribution in [3.63, 3.8) is 0 Å². The highest BCUT2D eigenvalue weighted by atomic mass is 28.2. The van der Waals surface area contributed by atoms with Gasteiger partial charge < -0.3 is 14.7 Å². The zero-order valence-corrected chi connectivity index (χ0v) is 19.8. The molecule has 2 heterocycles. The van der Waals surface area contributed by atoms with Crippen LogP contribution in [0.1, 0.15) is 60.4 Å². The summed E-state index contributed by atoms with van der Waals surface area (Å²) < 4.78 is 8.63. The zero-order valence-electron chi connectivity index (χ0n) is 17.8. The highest BCUT2D eigenvalue weighted by molar-refractivity contribution is 5.98. The lowest BCUT2D eigenvalue weighted by Gasteiger charge is -2.55. The fourth-order valence-electron chi connectivity index (χ4n) is 5.77. The van der Waals surface area contributed by atoms with Crippen LogP contribution in [0.2, 0.25) is 0 Å². The third-order valence-corrected chi connectivity index (χ3v) is 7.54. The number of hydrogen-bond acceptors (Lipinski definition) is 5. The van der Waals surface area contributed by atoms with Crippen LogP contribution in [0.25, 0.3) is 11.2 Å². The summed E-state index contributed by atoms with van der Waals surface area (Å²) in [5, 5.41) is 0. The van der Waals surface area contributed by atoms with Gasteiger partial charge in [-0.1, -0.05) is 41.5 Å². The molecule has 1 unspecified atom stereocenters. The molecule has 27 heavy (non-hydrogen) atoms. The Morgan fingerprint density at radius 1 is 1.11 bits per heavy atom. The van der Waals surface area contributed by atoms with Crippen molar-refractivity contribution in [2.75, 3.05) is 5.73 Å². The molecule has 2 aromatic rings. The van der Waals surface area contributed by atoms with Crippen molar-refractivity contribution >= 4 is 27.5 Å². The van der Waals surface area contributed by atoms with Gasteiger partial charge in [0.05, 0.1) is 11.9 Å². The average Bonchev–Trinajstić information content (AvgIpc) is 2.97. The van der Waals surface area contributed by atoms with Crippen molar-refractivity contribution in [2.24, 2.45) is 29.6 Å². The van der Waals surface area contributed by atoms with Crippen LogP contribution in [0.15, 0.2) is 12.7 Å². The summed E-state index contributed by atoms with van der Waals surface area (Å²) in [5.41, 5.74) is 7.47. The van der Waals surface area contributed by atoms with E-state index in [4.69, 9.17) is 10.2 Å². The average molecular weight is 390 g/mol. The molecular formula is C20H35N5OSi. The van der Waals surface area contributed by atoms with E-state index >= 15 is 0 Å². The Balaban J connectivity index is 1.86. The van der Waals surface area contributed by atoms with Gasteiger partial charge in [-0.2, -0.15) is 0 Å². The molecule has 0 radical (unpaired) electrons. The molecule has 0 spiro atoms. The van der Waals surface area contributed by atoms with Gasteiger partial charge in [0.1, 0.15) is 22.3 Å². The number of fused-ring (bicyclic) bond motifs is 1. The molecular weight excluding hydrogens is 354 g/mol. The quantitative estimate of drug-likeness (QED) is 0.737. The second kappa shape index (κ2) is 7.51. The maximum absolute atomic E-state index is 6.44. The van der Waals surface area contributed by atoms with E-state index in [1.54, 1.807) is 0 Å². The van der Waals surface area contributed by atoms with Gasteiger partial charge in [-0.3, -0.25) is 0 Å². The third kappa shape index (κ3) is 3.18. The molecule has 0 aromatic carbocycles. The molecule has 7 heteroatoms. The Morgan fingerprint density at radius 3 is 2.26 bits per heavy atom. The van der Waals surface area contributed by atoms with Crippen LogP contribution in [0.3, 0.4) is 0 Å². The van der Waals surface area contributed by atoms with Crippen molar-refractivity contribution in [1.82, 2.24) is 19.5 Å². The SMILES string of the molecule is CC(C)C(C1CC(n2cnc3c(N)ncnc32)C1)C(O[SiH3])(C(C)C)C(C)C. The van der Waals surface area contributed by atoms with E-state index in [1.807, 2.05) is 6.33 Å². The smallest absolute Gasteiger partial charge is 0.165 e. The van der Waals surface area contributed by atoms with Crippen LogP contribution in [0.4, 0.5) is 5.82 Å². The van der Waals surface area contributed by atoms with Gasteiger partial charge in [-0.05, 0) is 42.4 Å². The van der Waals surface area contributed by atoms with E-state index in [0.717, 1.165) is 29.0 Å². The number of imidazole rings is 1. The summed E-state index contributed by atoms with van der Waals surface area (Å²) in [7, 11) is 0.775. The molecule has 1 aliphatic rings. The maximum Gasteiger partial charge on any atom is 0.165 e. The second-order valence-electron chi connectivity index (χ2n) is 9.11. The first kappa shape index (κ1) is 20.3. The molecule has 0 bridgehead atoms. The number of hydrogen-bond donors (Lipinski definition) is 1. The van der Waals surface area contributed by atoms with Gasteiger partial charge >= 0.3 is 0 Å². The van der Waals surface area contributed by atoms with Gasteiger partial charge in [0.15, 0.2) is 11.5 Å². The summed E-state index contributed by atoms with van der Waals surface area (Å²) in [4.78, 5) is 12.9. The molecule has 1 fully saturated rings. The minimum atomic E-state index is -0.0420. The molecule has 1 aliphatic carbocycles. The number of rotatable bonds is 7. The standard InChI is InChI=1S/C20H35N5OSi/c1-11(2)16(20(26-27,12(3)4)13(5)6)14-7-15(8-14)25-10-24-17-18(21)22-9-23-19(17)25/h9-16H,7-8H2,1-6,27H3,(H2,21,22,23). The Bertz CT molecular complexity index is 774. The topological polar surface area (TPSA) is 78.9 Å². The van der Waals surface area contributed by atoms with E-state index in [0.29, 0.717) is 47.0 Å². The van der Waals surface area contributed by atoms with Crippen LogP contribution in [0.5, 0.6) is 0 Å². The predicted octanol–water partition coefficient (Wildman–Crippen LogP) is 2.98. The fraction of sp³-hybridized carbons (Fsp3) is 0.750. The van der Waals surface area contributed by atoms with Crippen molar-refractivity contribution in [2.45, 2.75) is 66.0 Å². The second-order valence-corrected chi connectivity index (χ2v) is 9.51. The molecule has 0 aliphatic heterocycles. The highest BCUT2D eigenvalue weighted by Gasteiger charge is 2.51. The molecule has 2 N–H and O–H groups in total. The predicted molar refractivity (Wildman–Crippen MR) is 113 cm³/mol. The van der Waals surface area contributed by atoms with E-state index in [1.165, 1.54) is 6.33 Å². The zero-order chi connectivity index (χ0) is 19.9. The Hall–Kier alpha value is -1.47. The van der Waals surface area contributed by atoms with Crippen molar-refractivity contribution < 1.29 is 4.43 Å². The van der Waals surface area contributed by atoms with Gasteiger partial charge in [0.2, 0.25) is 0 Å². The molecule has 2 aromatic heterocycles. The van der Waals surface area contributed by atoms with Crippen LogP contribution >= 0.6 is 0 Å². The van der Waals surface area contributed by atoms with Gasteiger partial charge in [0, 0.05) is 6.04 Å². The van der Waals surface area contributed by atoms with Gasteiger partial charge in [-0.25, -0.2) is 15.0 Å². The van der Waals surface area contributed by atoms with E-state index in [9.17, 15) is 0 Å². The maximum atomic E-state index is 6.44. The Labute approximate surface area is 165 Å². The minimum absolute atomic E-state index is 0.0420. The van der Waals surface area contributed by atoms with Crippen molar-refractivity contribution in [3.05, 3.63) is 12.7 Å². The lowest BCUT2D eigenvalue weighted by molar-refractivity contribution is -0.123. The number of aromatic nitrogens is 4. The normalized spacial score (nSPS) is 22.1. The Morgan fingerprint density at radius 2 is 1.74 bits per heavy atom. The minimum Gasteiger partial charge on any atom is -0.422 e. The molecule has 1 saturated carbocycles. The van der Waals surface area contributed by atoms with Crippen molar-refractivity contribution in [1.29, 1.82) is 0 Å². The summed E-state index contributed by atoms with van der Waals surface area (Å²) in [6, 6.07) is 0.432. The highest BCUT2D eigenvalue weighted by Crippen LogP contribution is 2.53. The summed E-state index contributed by atoms with van der Waals surface area (Å²) in [6.45, 7) is 14.0. The number of nitrogens with zero attached hydrogens (tertiary/aromatic N) is 4. The first-order valence-corrected chi connectivity index (χ1v) is 11.0. The van der Waals surface area contributed by atoms with Crippen LogP contribution in [0, 0.1) is 29.6 Å². The van der Waals surface area contributed by atoms with Crippen LogP contribution in [-0.2, 0) is 4.43 Å². The molecule has 0 amide bonds.